The molecule has 116 valence electrons. The lowest BCUT2D eigenvalue weighted by molar-refractivity contribution is -0.121. The van der Waals surface area contributed by atoms with Crippen molar-refractivity contribution in [2.45, 2.75) is 33.2 Å². The number of amides is 1. The summed E-state index contributed by atoms with van der Waals surface area (Å²) in [6.45, 7) is 6.26. The second kappa shape index (κ2) is 8.08. The van der Waals surface area contributed by atoms with Crippen LogP contribution in [0.3, 0.4) is 0 Å². The highest BCUT2D eigenvalue weighted by molar-refractivity contribution is 5.98. The van der Waals surface area contributed by atoms with Gasteiger partial charge in [-0.05, 0) is 26.3 Å². The molecule has 0 aliphatic rings. The van der Waals surface area contributed by atoms with E-state index >= 15 is 0 Å². The number of rotatable bonds is 7. The number of esters is 1. The van der Waals surface area contributed by atoms with Gasteiger partial charge in [-0.2, -0.15) is 0 Å². The van der Waals surface area contributed by atoms with Gasteiger partial charge in [0, 0.05) is 12.7 Å². The standard InChI is InChI=1S/C14H22N4O3/c1-4-7-17-13(19)9(3)18-12-11(15)10(6-8-16-12)14(20)21-5-2/h6,8-9H,4-5,7,15H2,1-3H3,(H,16,18)(H,17,19). The Bertz CT molecular complexity index is 505. The van der Waals surface area contributed by atoms with Gasteiger partial charge in [-0.3, -0.25) is 4.79 Å². The SMILES string of the molecule is CCCNC(=O)C(C)Nc1nccc(C(=O)OCC)c1N. The molecule has 1 aromatic rings. The minimum Gasteiger partial charge on any atom is -0.462 e. The molecule has 1 atom stereocenters. The maximum Gasteiger partial charge on any atom is 0.340 e. The minimum absolute atomic E-state index is 0.153. The van der Waals surface area contributed by atoms with Crippen molar-refractivity contribution in [3.63, 3.8) is 0 Å². The molecule has 7 heteroatoms. The van der Waals surface area contributed by atoms with Crippen LogP contribution in [0.15, 0.2) is 12.3 Å². The smallest absolute Gasteiger partial charge is 0.340 e. The fourth-order valence-corrected chi connectivity index (χ4v) is 1.65. The first-order valence-electron chi connectivity index (χ1n) is 6.97. The predicted octanol–water partition coefficient (Wildman–Crippen LogP) is 1.17. The van der Waals surface area contributed by atoms with Gasteiger partial charge in [-0.15, -0.1) is 0 Å². The molecule has 0 bridgehead atoms. The number of anilines is 2. The molecule has 1 amide bonds. The summed E-state index contributed by atoms with van der Waals surface area (Å²) in [7, 11) is 0. The van der Waals surface area contributed by atoms with Crippen molar-refractivity contribution in [3.8, 4) is 0 Å². The quantitative estimate of drug-likeness (QED) is 0.652. The van der Waals surface area contributed by atoms with Gasteiger partial charge < -0.3 is 21.1 Å². The third kappa shape index (κ3) is 4.62. The van der Waals surface area contributed by atoms with E-state index in [1.54, 1.807) is 13.8 Å². The Kier molecular flexibility index (Phi) is 6.45. The zero-order valence-electron chi connectivity index (χ0n) is 12.6. The number of carbonyl (C=O) groups excluding carboxylic acids is 2. The molecule has 0 aliphatic carbocycles. The van der Waals surface area contributed by atoms with E-state index in [2.05, 4.69) is 15.6 Å². The normalized spacial score (nSPS) is 11.6. The Hall–Kier alpha value is -2.31. The van der Waals surface area contributed by atoms with Crippen molar-refractivity contribution in [1.82, 2.24) is 10.3 Å². The first-order chi connectivity index (χ1) is 10.0. The zero-order valence-corrected chi connectivity index (χ0v) is 12.6. The van der Waals surface area contributed by atoms with Crippen molar-refractivity contribution in [1.29, 1.82) is 0 Å². The van der Waals surface area contributed by atoms with Gasteiger partial charge in [-0.1, -0.05) is 6.92 Å². The maximum atomic E-state index is 11.8. The van der Waals surface area contributed by atoms with Crippen LogP contribution in [0.5, 0.6) is 0 Å². The highest BCUT2D eigenvalue weighted by Gasteiger charge is 2.18. The summed E-state index contributed by atoms with van der Waals surface area (Å²) in [5.41, 5.74) is 6.31. The number of nitrogens with zero attached hydrogens (tertiary/aromatic N) is 1. The van der Waals surface area contributed by atoms with Gasteiger partial charge in [0.1, 0.15) is 6.04 Å². The summed E-state index contributed by atoms with van der Waals surface area (Å²) >= 11 is 0. The number of nitrogens with one attached hydrogen (secondary N) is 2. The maximum absolute atomic E-state index is 11.8. The zero-order chi connectivity index (χ0) is 15.8. The Labute approximate surface area is 124 Å². The number of nitrogens with two attached hydrogens (primary N) is 1. The summed E-state index contributed by atoms with van der Waals surface area (Å²) in [4.78, 5) is 27.6. The molecule has 7 nitrogen and oxygen atoms in total. The second-order valence-electron chi connectivity index (χ2n) is 4.50. The molecule has 21 heavy (non-hydrogen) atoms. The molecule has 1 rings (SSSR count). The van der Waals surface area contributed by atoms with Crippen molar-refractivity contribution in [3.05, 3.63) is 17.8 Å². The van der Waals surface area contributed by atoms with Crippen molar-refractivity contribution >= 4 is 23.4 Å². The van der Waals surface area contributed by atoms with E-state index in [1.165, 1.54) is 12.3 Å². The average molecular weight is 294 g/mol. The van der Waals surface area contributed by atoms with Crippen LogP contribution in [0, 0.1) is 0 Å². The Morgan fingerprint density at radius 1 is 1.43 bits per heavy atom. The van der Waals surface area contributed by atoms with Gasteiger partial charge in [0.05, 0.1) is 17.9 Å². The van der Waals surface area contributed by atoms with E-state index in [4.69, 9.17) is 10.5 Å². The van der Waals surface area contributed by atoms with E-state index in [0.717, 1.165) is 6.42 Å². The largest absolute Gasteiger partial charge is 0.462 e. The number of ether oxygens (including phenoxy) is 1. The number of aromatic nitrogens is 1. The number of carbonyl (C=O) groups is 2. The van der Waals surface area contributed by atoms with Crippen LogP contribution in [-0.2, 0) is 9.53 Å². The van der Waals surface area contributed by atoms with Gasteiger partial charge in [0.25, 0.3) is 0 Å². The van der Waals surface area contributed by atoms with Crippen LogP contribution < -0.4 is 16.4 Å². The van der Waals surface area contributed by atoms with Crippen molar-refractivity contribution in [2.24, 2.45) is 0 Å². The van der Waals surface area contributed by atoms with Crippen molar-refractivity contribution in [2.75, 3.05) is 24.2 Å². The fraction of sp³-hybridized carbons (Fsp3) is 0.500. The summed E-state index contributed by atoms with van der Waals surface area (Å²) < 4.78 is 4.92. The van der Waals surface area contributed by atoms with Crippen LogP contribution in [0.4, 0.5) is 11.5 Å². The monoisotopic (exact) mass is 294 g/mol. The number of hydrogen-bond acceptors (Lipinski definition) is 6. The molecule has 1 heterocycles. The number of pyridine rings is 1. The molecular weight excluding hydrogens is 272 g/mol. The lowest BCUT2D eigenvalue weighted by Gasteiger charge is -2.16. The van der Waals surface area contributed by atoms with Crippen molar-refractivity contribution < 1.29 is 14.3 Å². The lowest BCUT2D eigenvalue weighted by Crippen LogP contribution is -2.38. The Balaban J connectivity index is 2.82. The van der Waals surface area contributed by atoms with Crippen LogP contribution in [-0.4, -0.2) is 36.1 Å². The first kappa shape index (κ1) is 16.7. The van der Waals surface area contributed by atoms with Crippen LogP contribution >= 0.6 is 0 Å². The molecule has 0 spiro atoms. The van der Waals surface area contributed by atoms with Crippen LogP contribution in [0.1, 0.15) is 37.6 Å². The molecule has 0 aliphatic heterocycles. The van der Waals surface area contributed by atoms with E-state index in [9.17, 15) is 9.59 Å². The van der Waals surface area contributed by atoms with Gasteiger partial charge in [0.2, 0.25) is 5.91 Å². The van der Waals surface area contributed by atoms with E-state index in [-0.39, 0.29) is 23.8 Å². The average Bonchev–Trinajstić information content (AvgIpc) is 2.46. The van der Waals surface area contributed by atoms with Crippen LogP contribution in [0.2, 0.25) is 0 Å². The topological polar surface area (TPSA) is 106 Å². The third-order valence-corrected chi connectivity index (χ3v) is 2.78. The molecule has 4 N–H and O–H groups in total. The van der Waals surface area contributed by atoms with Crippen LogP contribution in [0.25, 0.3) is 0 Å². The van der Waals surface area contributed by atoms with Gasteiger partial charge in [0.15, 0.2) is 5.82 Å². The molecule has 1 aromatic heterocycles. The molecule has 0 fully saturated rings. The lowest BCUT2D eigenvalue weighted by atomic mass is 10.2. The summed E-state index contributed by atoms with van der Waals surface area (Å²) in [5.74, 6) is -0.372. The van der Waals surface area contributed by atoms with E-state index in [0.29, 0.717) is 12.4 Å². The highest BCUT2D eigenvalue weighted by Crippen LogP contribution is 2.21. The third-order valence-electron chi connectivity index (χ3n) is 2.78. The summed E-state index contributed by atoms with van der Waals surface area (Å²) in [5, 5.41) is 5.67. The molecule has 0 radical (unpaired) electrons. The van der Waals surface area contributed by atoms with Gasteiger partial charge in [-0.25, -0.2) is 9.78 Å². The first-order valence-corrected chi connectivity index (χ1v) is 6.97. The van der Waals surface area contributed by atoms with E-state index in [1.807, 2.05) is 6.92 Å². The van der Waals surface area contributed by atoms with Gasteiger partial charge >= 0.3 is 5.97 Å². The molecule has 0 aromatic carbocycles. The molecule has 0 saturated carbocycles. The molecule has 1 unspecified atom stereocenters. The molecule has 0 saturated heterocycles. The predicted molar refractivity (Wildman–Crippen MR) is 81.0 cm³/mol. The van der Waals surface area contributed by atoms with E-state index < -0.39 is 12.0 Å². The summed E-state index contributed by atoms with van der Waals surface area (Å²) in [6.07, 6.45) is 2.30. The Morgan fingerprint density at radius 2 is 2.14 bits per heavy atom. The highest BCUT2D eigenvalue weighted by atomic mass is 16.5. The second-order valence-corrected chi connectivity index (χ2v) is 4.50. The number of hydrogen-bond donors (Lipinski definition) is 3. The Morgan fingerprint density at radius 3 is 2.76 bits per heavy atom. The fourth-order valence-electron chi connectivity index (χ4n) is 1.65. The summed E-state index contributed by atoms with van der Waals surface area (Å²) in [6, 6.07) is 0.976. The molecular formula is C14H22N4O3. The number of nitrogen functional groups attached to an aromatic ring is 1. The minimum atomic E-state index is -0.511.